The minimum atomic E-state index is -3.62. The van der Waals surface area contributed by atoms with Crippen LogP contribution in [-0.2, 0) is 14.8 Å². The molecule has 1 aromatic rings. The molecule has 0 spiro atoms. The fourth-order valence-electron chi connectivity index (χ4n) is 1.44. The molecule has 0 aliphatic carbocycles. The van der Waals surface area contributed by atoms with Gasteiger partial charge in [-0.25, -0.2) is 8.42 Å². The van der Waals surface area contributed by atoms with Crippen LogP contribution in [0.4, 0.5) is 0 Å². The first-order valence-electron chi connectivity index (χ1n) is 4.68. The second-order valence-corrected chi connectivity index (χ2v) is 6.84. The molecule has 0 aromatic carbocycles. The fourth-order valence-corrected chi connectivity index (χ4v) is 4.22. The molecule has 2 heterocycles. The van der Waals surface area contributed by atoms with Crippen LogP contribution in [0.3, 0.4) is 0 Å². The van der Waals surface area contributed by atoms with Crippen molar-refractivity contribution in [2.75, 3.05) is 13.1 Å². The number of hydrogen-bond acceptors (Lipinski definition) is 5. The summed E-state index contributed by atoms with van der Waals surface area (Å²) in [5, 5.41) is 17.3. The lowest BCUT2D eigenvalue weighted by atomic mass is 10.0. The summed E-state index contributed by atoms with van der Waals surface area (Å²) in [4.78, 5) is 10.9. The zero-order valence-corrected chi connectivity index (χ0v) is 10.2. The summed E-state index contributed by atoms with van der Waals surface area (Å²) in [5.74, 6) is -1.61. The van der Waals surface area contributed by atoms with E-state index in [0.29, 0.717) is 4.88 Å². The van der Waals surface area contributed by atoms with Crippen molar-refractivity contribution in [1.29, 1.82) is 5.26 Å². The number of carboxylic acid groups (broad SMARTS) is 1. The summed E-state index contributed by atoms with van der Waals surface area (Å²) in [7, 11) is -3.62. The maximum atomic E-state index is 11.9. The summed E-state index contributed by atoms with van der Waals surface area (Å²) in [6, 6.07) is 4.67. The Hall–Kier alpha value is -1.43. The number of rotatable bonds is 3. The van der Waals surface area contributed by atoms with E-state index >= 15 is 0 Å². The van der Waals surface area contributed by atoms with E-state index in [-0.39, 0.29) is 17.3 Å². The largest absolute Gasteiger partial charge is 0.481 e. The second-order valence-electron chi connectivity index (χ2n) is 3.59. The van der Waals surface area contributed by atoms with Crippen LogP contribution in [0.1, 0.15) is 4.88 Å². The minimum Gasteiger partial charge on any atom is -0.481 e. The highest BCUT2D eigenvalue weighted by Gasteiger charge is 2.41. The van der Waals surface area contributed by atoms with Crippen LogP contribution in [0.15, 0.2) is 16.3 Å². The van der Waals surface area contributed by atoms with Gasteiger partial charge in [0.2, 0.25) is 0 Å². The standard InChI is InChI=1S/C9H8N2O4S2/c10-3-7-1-2-8(16-7)17(14,15)11-4-6(5-11)9(12)13/h1-2,6H,4-5H2,(H,12,13). The Kier molecular flexibility index (Phi) is 2.91. The lowest BCUT2D eigenvalue weighted by Crippen LogP contribution is -2.52. The maximum Gasteiger partial charge on any atom is 0.309 e. The molecule has 1 aliphatic heterocycles. The van der Waals surface area contributed by atoms with Gasteiger partial charge < -0.3 is 5.11 Å². The highest BCUT2D eigenvalue weighted by atomic mass is 32.2. The van der Waals surface area contributed by atoms with Crippen molar-refractivity contribution in [2.45, 2.75) is 4.21 Å². The number of carboxylic acids is 1. The SMILES string of the molecule is N#Cc1ccc(S(=O)(=O)N2CC(C(=O)O)C2)s1. The Balaban J connectivity index is 2.17. The van der Waals surface area contributed by atoms with Gasteiger partial charge in [0.1, 0.15) is 15.2 Å². The lowest BCUT2D eigenvalue weighted by Gasteiger charge is -2.34. The molecule has 0 bridgehead atoms. The molecular weight excluding hydrogens is 264 g/mol. The van der Waals surface area contributed by atoms with Gasteiger partial charge in [-0.3, -0.25) is 4.79 Å². The molecule has 1 N–H and O–H groups in total. The molecule has 0 saturated carbocycles. The number of nitrogens with zero attached hydrogens (tertiary/aromatic N) is 2. The van der Waals surface area contributed by atoms with Gasteiger partial charge in [-0.15, -0.1) is 11.3 Å². The predicted octanol–water partition coefficient (Wildman–Crippen LogP) is 0.325. The number of sulfonamides is 1. The third-order valence-corrected chi connectivity index (χ3v) is 5.77. The summed E-state index contributed by atoms with van der Waals surface area (Å²) in [5.41, 5.74) is 0. The van der Waals surface area contributed by atoms with Crippen molar-refractivity contribution in [3.63, 3.8) is 0 Å². The molecule has 6 nitrogen and oxygen atoms in total. The molecule has 0 amide bonds. The average Bonchev–Trinajstić information content (AvgIpc) is 2.62. The minimum absolute atomic E-state index is 0.00253. The molecule has 1 aliphatic rings. The van der Waals surface area contributed by atoms with Crippen LogP contribution < -0.4 is 0 Å². The van der Waals surface area contributed by atoms with E-state index in [1.165, 1.54) is 12.1 Å². The van der Waals surface area contributed by atoms with E-state index < -0.39 is 21.9 Å². The molecule has 0 radical (unpaired) electrons. The van der Waals surface area contributed by atoms with E-state index in [4.69, 9.17) is 10.4 Å². The first kappa shape index (κ1) is 12.0. The average molecular weight is 272 g/mol. The molecule has 2 rings (SSSR count). The molecule has 1 fully saturated rings. The Labute approximate surface area is 102 Å². The number of nitriles is 1. The van der Waals surface area contributed by atoms with Gasteiger partial charge in [-0.1, -0.05) is 0 Å². The third-order valence-electron chi connectivity index (χ3n) is 2.48. The van der Waals surface area contributed by atoms with E-state index in [2.05, 4.69) is 0 Å². The number of aliphatic carboxylic acids is 1. The molecule has 0 atom stereocenters. The quantitative estimate of drug-likeness (QED) is 0.854. The van der Waals surface area contributed by atoms with Crippen molar-refractivity contribution >= 4 is 27.3 Å². The van der Waals surface area contributed by atoms with Crippen molar-refractivity contribution < 1.29 is 18.3 Å². The van der Waals surface area contributed by atoms with Gasteiger partial charge in [-0.2, -0.15) is 9.57 Å². The molecule has 90 valence electrons. The zero-order valence-electron chi connectivity index (χ0n) is 8.53. The molecular formula is C9H8N2O4S2. The van der Waals surface area contributed by atoms with Crippen molar-refractivity contribution in [3.05, 3.63) is 17.0 Å². The second kappa shape index (κ2) is 4.10. The number of thiophene rings is 1. The first-order chi connectivity index (χ1) is 7.95. The number of hydrogen-bond donors (Lipinski definition) is 1. The summed E-state index contributed by atoms with van der Waals surface area (Å²) >= 11 is 0.889. The number of carbonyl (C=O) groups is 1. The van der Waals surface area contributed by atoms with Crippen LogP contribution in [-0.4, -0.2) is 36.9 Å². The molecule has 1 saturated heterocycles. The highest BCUT2D eigenvalue weighted by molar-refractivity contribution is 7.91. The first-order valence-corrected chi connectivity index (χ1v) is 6.93. The Bertz CT molecular complexity index is 593. The Morgan fingerprint density at radius 1 is 1.53 bits per heavy atom. The van der Waals surface area contributed by atoms with Gasteiger partial charge in [0.05, 0.1) is 5.92 Å². The summed E-state index contributed by atoms with van der Waals surface area (Å²) < 4.78 is 25.1. The molecule has 17 heavy (non-hydrogen) atoms. The van der Waals surface area contributed by atoms with Crippen molar-refractivity contribution in [3.8, 4) is 6.07 Å². The van der Waals surface area contributed by atoms with Crippen molar-refractivity contribution in [1.82, 2.24) is 4.31 Å². The van der Waals surface area contributed by atoms with E-state index in [9.17, 15) is 13.2 Å². The lowest BCUT2D eigenvalue weighted by molar-refractivity contribution is -0.145. The van der Waals surface area contributed by atoms with E-state index in [1.807, 2.05) is 6.07 Å². The summed E-state index contributed by atoms with van der Waals surface area (Å²) in [6.45, 7) is -0.00505. The van der Waals surface area contributed by atoms with Crippen molar-refractivity contribution in [2.24, 2.45) is 5.92 Å². The van der Waals surface area contributed by atoms with Gasteiger partial charge >= 0.3 is 5.97 Å². The Morgan fingerprint density at radius 2 is 2.18 bits per heavy atom. The molecule has 0 unspecified atom stereocenters. The van der Waals surface area contributed by atoms with Crippen LogP contribution in [0.2, 0.25) is 0 Å². The summed E-state index contributed by atoms with van der Waals surface area (Å²) in [6.07, 6.45) is 0. The van der Waals surface area contributed by atoms with Gasteiger partial charge in [0.15, 0.2) is 0 Å². The van der Waals surface area contributed by atoms with Crippen LogP contribution in [0.25, 0.3) is 0 Å². The monoisotopic (exact) mass is 272 g/mol. The third kappa shape index (κ3) is 2.04. The fraction of sp³-hybridized carbons (Fsp3) is 0.333. The predicted molar refractivity (Wildman–Crippen MR) is 58.9 cm³/mol. The van der Waals surface area contributed by atoms with E-state index in [1.54, 1.807) is 0 Å². The zero-order chi connectivity index (χ0) is 12.6. The van der Waals surface area contributed by atoms with Crippen LogP contribution in [0, 0.1) is 17.2 Å². The normalized spacial score (nSPS) is 17.4. The van der Waals surface area contributed by atoms with Gasteiger partial charge in [0.25, 0.3) is 10.0 Å². The van der Waals surface area contributed by atoms with Gasteiger partial charge in [0, 0.05) is 13.1 Å². The van der Waals surface area contributed by atoms with Gasteiger partial charge in [-0.05, 0) is 12.1 Å². The topological polar surface area (TPSA) is 98.5 Å². The highest BCUT2D eigenvalue weighted by Crippen LogP contribution is 2.29. The molecule has 1 aromatic heterocycles. The maximum absolute atomic E-state index is 11.9. The van der Waals surface area contributed by atoms with Crippen LogP contribution in [0.5, 0.6) is 0 Å². The van der Waals surface area contributed by atoms with Crippen LogP contribution >= 0.6 is 11.3 Å². The smallest absolute Gasteiger partial charge is 0.309 e. The molecule has 8 heteroatoms. The van der Waals surface area contributed by atoms with E-state index in [0.717, 1.165) is 15.6 Å². The Morgan fingerprint density at radius 3 is 2.65 bits per heavy atom.